The summed E-state index contributed by atoms with van der Waals surface area (Å²) >= 11 is 11.6. The smallest absolute Gasteiger partial charge is 0.340 e. The van der Waals surface area contributed by atoms with Crippen molar-refractivity contribution in [1.29, 1.82) is 0 Å². The molecule has 25 heavy (non-hydrogen) atoms. The van der Waals surface area contributed by atoms with Crippen LogP contribution in [0.25, 0.3) is 0 Å². The number of nitrogens with one attached hydrogen (secondary N) is 2. The minimum Gasteiger partial charge on any atom is -0.452 e. The number of carbonyl (C=O) groups excluding carboxylic acids is 3. The van der Waals surface area contributed by atoms with E-state index < -0.39 is 30.3 Å². The highest BCUT2D eigenvalue weighted by Gasteiger charge is 2.16. The molecular weight excluding hydrogens is 374 g/mol. The average molecular weight is 385 g/mol. The molecule has 3 amide bonds. The summed E-state index contributed by atoms with van der Waals surface area (Å²) in [7, 11) is 0. The molecule has 2 aromatic carbocycles. The van der Waals surface area contributed by atoms with Gasteiger partial charge in [-0.3, -0.25) is 10.1 Å². The third kappa shape index (κ3) is 5.44. The summed E-state index contributed by atoms with van der Waals surface area (Å²) in [6, 6.07) is 8.64. The SMILES string of the molecule is O=C(COC(=O)c1cc(Cl)ccc1Cl)NC(=O)Nc1ccccc1F. The van der Waals surface area contributed by atoms with Gasteiger partial charge in [0.05, 0.1) is 16.3 Å². The van der Waals surface area contributed by atoms with E-state index in [4.69, 9.17) is 27.9 Å². The molecule has 2 rings (SSSR count). The third-order valence-corrected chi connectivity index (χ3v) is 3.42. The van der Waals surface area contributed by atoms with Crippen molar-refractivity contribution in [2.24, 2.45) is 0 Å². The first-order chi connectivity index (χ1) is 11.9. The Labute approximate surface area is 151 Å². The van der Waals surface area contributed by atoms with E-state index in [-0.39, 0.29) is 21.3 Å². The summed E-state index contributed by atoms with van der Waals surface area (Å²) in [5.74, 6) is -2.44. The second-order valence-corrected chi connectivity index (χ2v) is 5.53. The van der Waals surface area contributed by atoms with Crippen LogP contribution in [-0.2, 0) is 9.53 Å². The summed E-state index contributed by atoms with van der Waals surface area (Å²) in [5, 5.41) is 4.42. The Morgan fingerprint density at radius 3 is 2.52 bits per heavy atom. The fraction of sp³-hybridized carbons (Fsp3) is 0.0625. The highest BCUT2D eigenvalue weighted by atomic mass is 35.5. The quantitative estimate of drug-likeness (QED) is 0.788. The lowest BCUT2D eigenvalue weighted by molar-refractivity contribution is -0.123. The van der Waals surface area contributed by atoms with Gasteiger partial charge in [0.2, 0.25) is 0 Å². The first-order valence-corrected chi connectivity index (χ1v) is 7.60. The zero-order valence-electron chi connectivity index (χ0n) is 12.5. The molecule has 0 heterocycles. The van der Waals surface area contributed by atoms with Crippen molar-refractivity contribution >= 4 is 46.8 Å². The predicted molar refractivity (Wildman–Crippen MR) is 90.3 cm³/mol. The number of amides is 3. The Balaban J connectivity index is 1.86. The Morgan fingerprint density at radius 1 is 1.08 bits per heavy atom. The second kappa shape index (κ2) is 8.46. The molecular formula is C16H11Cl2FN2O4. The predicted octanol–water partition coefficient (Wildman–Crippen LogP) is 3.64. The maximum atomic E-state index is 13.4. The molecule has 6 nitrogen and oxygen atoms in total. The zero-order valence-corrected chi connectivity index (χ0v) is 14.0. The first kappa shape index (κ1) is 18.7. The number of para-hydroxylation sites is 1. The van der Waals surface area contributed by atoms with Crippen LogP contribution < -0.4 is 10.6 Å². The summed E-state index contributed by atoms with van der Waals surface area (Å²) in [4.78, 5) is 35.1. The van der Waals surface area contributed by atoms with Gasteiger partial charge in [-0.05, 0) is 30.3 Å². The molecule has 0 radical (unpaired) electrons. The van der Waals surface area contributed by atoms with E-state index in [0.717, 1.165) is 6.07 Å². The van der Waals surface area contributed by atoms with Gasteiger partial charge in [0, 0.05) is 5.02 Å². The van der Waals surface area contributed by atoms with Crippen molar-refractivity contribution in [1.82, 2.24) is 5.32 Å². The summed E-state index contributed by atoms with van der Waals surface area (Å²) in [6.45, 7) is -0.730. The Morgan fingerprint density at radius 2 is 1.80 bits per heavy atom. The lowest BCUT2D eigenvalue weighted by Gasteiger charge is -2.08. The van der Waals surface area contributed by atoms with Crippen LogP contribution in [0.5, 0.6) is 0 Å². The Bertz CT molecular complexity index is 830. The maximum Gasteiger partial charge on any atom is 0.340 e. The van der Waals surface area contributed by atoms with Crippen molar-refractivity contribution in [2.45, 2.75) is 0 Å². The number of ether oxygens (including phenoxy) is 1. The minimum absolute atomic E-state index is 0.0159. The van der Waals surface area contributed by atoms with Crippen molar-refractivity contribution < 1.29 is 23.5 Å². The first-order valence-electron chi connectivity index (χ1n) is 6.84. The van der Waals surface area contributed by atoms with Crippen molar-refractivity contribution in [2.75, 3.05) is 11.9 Å². The van der Waals surface area contributed by atoms with Gasteiger partial charge in [0.25, 0.3) is 5.91 Å². The number of carbonyl (C=O) groups is 3. The number of rotatable bonds is 4. The molecule has 0 fully saturated rings. The maximum absolute atomic E-state index is 13.4. The van der Waals surface area contributed by atoms with Crippen LogP contribution in [0.4, 0.5) is 14.9 Å². The number of hydrogen-bond acceptors (Lipinski definition) is 4. The van der Waals surface area contributed by atoms with E-state index in [1.54, 1.807) is 0 Å². The molecule has 0 aromatic heterocycles. The number of hydrogen-bond donors (Lipinski definition) is 2. The van der Waals surface area contributed by atoms with Gasteiger partial charge in [-0.25, -0.2) is 14.0 Å². The summed E-state index contributed by atoms with van der Waals surface area (Å²) < 4.78 is 18.1. The standard InChI is InChI=1S/C16H11Cl2FN2O4/c17-9-5-6-11(18)10(7-9)15(23)25-8-14(22)21-16(24)20-13-4-2-1-3-12(13)19/h1-7H,8H2,(H2,20,21,22,24). The number of benzene rings is 2. The van der Waals surface area contributed by atoms with Gasteiger partial charge < -0.3 is 10.1 Å². The van der Waals surface area contributed by atoms with Crippen LogP contribution in [-0.4, -0.2) is 24.5 Å². The molecule has 2 N–H and O–H groups in total. The number of anilines is 1. The van der Waals surface area contributed by atoms with Crippen LogP contribution in [0.1, 0.15) is 10.4 Å². The molecule has 0 aliphatic rings. The minimum atomic E-state index is -0.966. The highest BCUT2D eigenvalue weighted by Crippen LogP contribution is 2.21. The van der Waals surface area contributed by atoms with Crippen LogP contribution in [0.15, 0.2) is 42.5 Å². The molecule has 0 aliphatic heterocycles. The second-order valence-electron chi connectivity index (χ2n) is 4.68. The normalized spacial score (nSPS) is 10.0. The van der Waals surface area contributed by atoms with Crippen molar-refractivity contribution in [3.05, 3.63) is 63.9 Å². The fourth-order valence-electron chi connectivity index (χ4n) is 1.74. The lowest BCUT2D eigenvalue weighted by atomic mass is 10.2. The summed E-state index contributed by atoms with van der Waals surface area (Å²) in [5.41, 5.74) is -0.117. The van der Waals surface area contributed by atoms with Gasteiger partial charge in [-0.1, -0.05) is 35.3 Å². The van der Waals surface area contributed by atoms with E-state index in [1.165, 1.54) is 36.4 Å². The number of halogens is 3. The Hall–Kier alpha value is -2.64. The number of urea groups is 1. The molecule has 9 heteroatoms. The van der Waals surface area contributed by atoms with Crippen molar-refractivity contribution in [3.63, 3.8) is 0 Å². The van der Waals surface area contributed by atoms with E-state index in [1.807, 2.05) is 5.32 Å². The number of esters is 1. The van der Waals surface area contributed by atoms with E-state index in [0.29, 0.717) is 0 Å². The molecule has 0 atom stereocenters. The molecule has 0 saturated heterocycles. The van der Waals surface area contributed by atoms with Gasteiger partial charge in [0.1, 0.15) is 5.82 Å². The van der Waals surface area contributed by atoms with Crippen molar-refractivity contribution in [3.8, 4) is 0 Å². The van der Waals surface area contributed by atoms with E-state index in [2.05, 4.69) is 5.32 Å². The number of imide groups is 1. The molecule has 0 unspecified atom stereocenters. The Kier molecular flexibility index (Phi) is 6.32. The van der Waals surface area contributed by atoms with Crippen LogP contribution in [0.2, 0.25) is 10.0 Å². The van der Waals surface area contributed by atoms with E-state index in [9.17, 15) is 18.8 Å². The average Bonchev–Trinajstić information content (AvgIpc) is 2.57. The monoisotopic (exact) mass is 384 g/mol. The largest absolute Gasteiger partial charge is 0.452 e. The third-order valence-electron chi connectivity index (χ3n) is 2.86. The molecule has 2 aromatic rings. The van der Waals surface area contributed by atoms with Gasteiger partial charge >= 0.3 is 12.0 Å². The molecule has 0 spiro atoms. The van der Waals surface area contributed by atoms with Gasteiger partial charge in [-0.2, -0.15) is 0 Å². The molecule has 0 saturated carbocycles. The lowest BCUT2D eigenvalue weighted by Crippen LogP contribution is -2.37. The van der Waals surface area contributed by atoms with Crippen LogP contribution >= 0.6 is 23.2 Å². The molecule has 0 aliphatic carbocycles. The zero-order chi connectivity index (χ0) is 18.4. The van der Waals surface area contributed by atoms with Crippen LogP contribution in [0, 0.1) is 5.82 Å². The highest BCUT2D eigenvalue weighted by molar-refractivity contribution is 6.35. The summed E-state index contributed by atoms with van der Waals surface area (Å²) in [6.07, 6.45) is 0. The van der Waals surface area contributed by atoms with Gasteiger partial charge in [-0.15, -0.1) is 0 Å². The fourth-order valence-corrected chi connectivity index (χ4v) is 2.11. The van der Waals surface area contributed by atoms with E-state index >= 15 is 0 Å². The van der Waals surface area contributed by atoms with Gasteiger partial charge in [0.15, 0.2) is 6.61 Å². The molecule has 0 bridgehead atoms. The topological polar surface area (TPSA) is 84.5 Å². The van der Waals surface area contributed by atoms with Crippen LogP contribution in [0.3, 0.4) is 0 Å². The molecule has 130 valence electrons.